The Morgan fingerprint density at radius 1 is 0.357 bits per heavy atom. The lowest BCUT2D eigenvalue weighted by atomic mass is 9.98. The van der Waals surface area contributed by atoms with Crippen LogP contribution in [0.25, 0.3) is 104 Å². The van der Waals surface area contributed by atoms with Crippen LogP contribution in [0.15, 0.2) is 200 Å². The number of rotatable bonds is 6. The molecule has 0 bridgehead atoms. The molecule has 0 amide bonds. The zero-order chi connectivity index (χ0) is 37.0. The number of para-hydroxylation sites is 2. The minimum absolute atomic E-state index is 0.736. The summed E-state index contributed by atoms with van der Waals surface area (Å²) in [6.07, 6.45) is 0. The van der Waals surface area contributed by atoms with Crippen LogP contribution in [-0.4, -0.2) is 14.5 Å². The van der Waals surface area contributed by atoms with E-state index in [1.807, 2.05) is 18.2 Å². The van der Waals surface area contributed by atoms with Gasteiger partial charge in [-0.3, -0.25) is 0 Å². The second-order valence-corrected chi connectivity index (χ2v) is 15.2. The third-order valence-corrected chi connectivity index (χ3v) is 12.0. The predicted octanol–water partition coefficient (Wildman–Crippen LogP) is 14.3. The SMILES string of the molecule is c1ccc(-c2ccc(-c3nc(-c4ccccc4)nc4c3sc3cc(-c5cccc(-c6ccc7c8ccccc8n(-c8ccccc8)c7c6)c5)ccc34)cc2)cc1. The topological polar surface area (TPSA) is 30.7 Å². The minimum atomic E-state index is 0.736. The molecule has 3 aromatic heterocycles. The van der Waals surface area contributed by atoms with Crippen molar-refractivity contribution in [1.82, 2.24) is 14.5 Å². The van der Waals surface area contributed by atoms with Crippen LogP contribution in [0.2, 0.25) is 0 Å². The largest absolute Gasteiger partial charge is 0.309 e. The smallest absolute Gasteiger partial charge is 0.160 e. The number of fused-ring (bicyclic) bond motifs is 6. The van der Waals surface area contributed by atoms with E-state index in [4.69, 9.17) is 9.97 Å². The maximum absolute atomic E-state index is 5.22. The van der Waals surface area contributed by atoms with Gasteiger partial charge < -0.3 is 4.57 Å². The van der Waals surface area contributed by atoms with Crippen LogP contribution in [0.4, 0.5) is 0 Å². The van der Waals surface area contributed by atoms with Gasteiger partial charge >= 0.3 is 0 Å². The van der Waals surface area contributed by atoms with Gasteiger partial charge in [0.25, 0.3) is 0 Å². The van der Waals surface area contributed by atoms with Crippen LogP contribution in [0.1, 0.15) is 0 Å². The minimum Gasteiger partial charge on any atom is -0.309 e. The molecule has 4 heteroatoms. The molecule has 0 N–H and O–H groups in total. The van der Waals surface area contributed by atoms with E-state index in [0.717, 1.165) is 43.9 Å². The lowest BCUT2D eigenvalue weighted by Gasteiger charge is -2.10. The Morgan fingerprint density at radius 3 is 1.64 bits per heavy atom. The summed E-state index contributed by atoms with van der Waals surface area (Å²) >= 11 is 1.77. The molecule has 0 aliphatic rings. The quantitative estimate of drug-likeness (QED) is 0.170. The molecule has 262 valence electrons. The third kappa shape index (κ3) is 5.50. The molecule has 11 aromatic rings. The lowest BCUT2D eigenvalue weighted by molar-refractivity contribution is 1.18. The van der Waals surface area contributed by atoms with Gasteiger partial charge in [0.2, 0.25) is 0 Å². The Bertz CT molecular complexity index is 3220. The number of nitrogens with zero attached hydrogens (tertiary/aromatic N) is 3. The number of hydrogen-bond acceptors (Lipinski definition) is 3. The molecule has 56 heavy (non-hydrogen) atoms. The van der Waals surface area contributed by atoms with E-state index in [-0.39, 0.29) is 0 Å². The van der Waals surface area contributed by atoms with E-state index >= 15 is 0 Å². The van der Waals surface area contributed by atoms with E-state index in [9.17, 15) is 0 Å². The monoisotopic (exact) mass is 731 g/mol. The van der Waals surface area contributed by atoms with Crippen molar-refractivity contribution in [3.63, 3.8) is 0 Å². The summed E-state index contributed by atoms with van der Waals surface area (Å²) in [7, 11) is 0. The molecule has 0 spiro atoms. The van der Waals surface area contributed by atoms with Gasteiger partial charge in [-0.05, 0) is 69.8 Å². The summed E-state index contributed by atoms with van der Waals surface area (Å²) in [6.45, 7) is 0. The summed E-state index contributed by atoms with van der Waals surface area (Å²) in [5, 5.41) is 3.66. The molecular formula is C52H33N3S. The molecule has 0 unspecified atom stereocenters. The van der Waals surface area contributed by atoms with Crippen LogP contribution in [0.3, 0.4) is 0 Å². The maximum Gasteiger partial charge on any atom is 0.160 e. The summed E-state index contributed by atoms with van der Waals surface area (Å²) in [4.78, 5) is 10.4. The fourth-order valence-electron chi connectivity index (χ4n) is 8.07. The second-order valence-electron chi connectivity index (χ2n) is 14.2. The molecule has 3 heterocycles. The Balaban J connectivity index is 1.02. The van der Waals surface area contributed by atoms with Gasteiger partial charge in [-0.25, -0.2) is 9.97 Å². The van der Waals surface area contributed by atoms with Gasteiger partial charge in [-0.2, -0.15) is 0 Å². The fourth-order valence-corrected chi connectivity index (χ4v) is 9.26. The van der Waals surface area contributed by atoms with E-state index in [1.54, 1.807) is 11.3 Å². The molecule has 0 saturated heterocycles. The van der Waals surface area contributed by atoms with Crippen LogP contribution >= 0.6 is 11.3 Å². The van der Waals surface area contributed by atoms with Crippen molar-refractivity contribution >= 4 is 53.4 Å². The van der Waals surface area contributed by atoms with Crippen molar-refractivity contribution in [3.8, 4) is 61.7 Å². The first-order chi connectivity index (χ1) is 27.7. The number of benzene rings is 8. The van der Waals surface area contributed by atoms with E-state index < -0.39 is 0 Å². The first-order valence-corrected chi connectivity index (χ1v) is 19.7. The normalized spacial score (nSPS) is 11.6. The first-order valence-electron chi connectivity index (χ1n) is 18.9. The first kappa shape index (κ1) is 32.3. The summed E-state index contributed by atoms with van der Waals surface area (Å²) in [5.41, 5.74) is 14.7. The van der Waals surface area contributed by atoms with Crippen LogP contribution < -0.4 is 0 Å². The molecule has 11 rings (SSSR count). The van der Waals surface area contributed by atoms with Crippen molar-refractivity contribution in [1.29, 1.82) is 0 Å². The van der Waals surface area contributed by atoms with Gasteiger partial charge in [-0.15, -0.1) is 11.3 Å². The number of hydrogen-bond donors (Lipinski definition) is 0. The van der Waals surface area contributed by atoms with Crippen molar-refractivity contribution < 1.29 is 0 Å². The zero-order valence-electron chi connectivity index (χ0n) is 30.3. The van der Waals surface area contributed by atoms with E-state index in [0.29, 0.717) is 0 Å². The van der Waals surface area contributed by atoms with Gasteiger partial charge in [-0.1, -0.05) is 164 Å². The second kappa shape index (κ2) is 13.3. The van der Waals surface area contributed by atoms with Crippen LogP contribution in [0.5, 0.6) is 0 Å². The number of thiophene rings is 1. The average molecular weight is 732 g/mol. The fraction of sp³-hybridized carbons (Fsp3) is 0. The van der Waals surface area contributed by atoms with Crippen molar-refractivity contribution in [2.45, 2.75) is 0 Å². The molecular weight excluding hydrogens is 699 g/mol. The molecule has 0 radical (unpaired) electrons. The van der Waals surface area contributed by atoms with E-state index in [2.05, 4.69) is 187 Å². The summed E-state index contributed by atoms with van der Waals surface area (Å²) < 4.78 is 4.67. The van der Waals surface area contributed by atoms with Gasteiger partial charge in [0.05, 0.1) is 26.9 Å². The Kier molecular flexibility index (Phi) is 7.68. The molecule has 0 aliphatic heterocycles. The van der Waals surface area contributed by atoms with Crippen molar-refractivity contribution in [3.05, 3.63) is 200 Å². The predicted molar refractivity (Wildman–Crippen MR) is 236 cm³/mol. The van der Waals surface area contributed by atoms with Crippen molar-refractivity contribution in [2.75, 3.05) is 0 Å². The van der Waals surface area contributed by atoms with Gasteiger partial charge in [0, 0.05) is 37.7 Å². The summed E-state index contributed by atoms with van der Waals surface area (Å²) in [6, 6.07) is 71.5. The Labute approximate surface area is 328 Å². The molecule has 0 aliphatic carbocycles. The van der Waals surface area contributed by atoms with E-state index in [1.165, 1.54) is 59.9 Å². The highest BCUT2D eigenvalue weighted by atomic mass is 32.1. The Morgan fingerprint density at radius 2 is 0.893 bits per heavy atom. The highest BCUT2D eigenvalue weighted by Crippen LogP contribution is 2.42. The standard InChI is InChI=1S/C52H33N3S/c1-4-13-34(14-5-1)35-23-25-36(26-24-35)49-51-50(54-52(53-49)37-15-6-2-7-16-37)45-30-28-41(33-48(45)56-51)39-18-12-17-38(31-39)40-27-29-44-43-21-10-11-22-46(43)55(47(44)32-40)42-19-8-3-9-20-42/h1-33H. The molecule has 0 fully saturated rings. The van der Waals surface area contributed by atoms with Gasteiger partial charge in [0.1, 0.15) is 0 Å². The van der Waals surface area contributed by atoms with Crippen LogP contribution in [0, 0.1) is 0 Å². The summed E-state index contributed by atoms with van der Waals surface area (Å²) in [5.74, 6) is 0.736. The third-order valence-electron chi connectivity index (χ3n) is 10.8. The highest BCUT2D eigenvalue weighted by Gasteiger charge is 2.18. The molecule has 0 atom stereocenters. The van der Waals surface area contributed by atoms with Gasteiger partial charge in [0.15, 0.2) is 5.82 Å². The lowest BCUT2D eigenvalue weighted by Crippen LogP contribution is -1.93. The molecule has 3 nitrogen and oxygen atoms in total. The highest BCUT2D eigenvalue weighted by molar-refractivity contribution is 7.26. The van der Waals surface area contributed by atoms with Crippen LogP contribution in [-0.2, 0) is 0 Å². The average Bonchev–Trinajstić information content (AvgIpc) is 3.82. The zero-order valence-corrected chi connectivity index (χ0v) is 31.1. The van der Waals surface area contributed by atoms with Crippen molar-refractivity contribution in [2.24, 2.45) is 0 Å². The maximum atomic E-state index is 5.22. The number of aromatic nitrogens is 3. The molecule has 0 saturated carbocycles. The molecule has 8 aromatic carbocycles. The Hall–Kier alpha value is -7.14.